The van der Waals surface area contributed by atoms with Crippen LogP contribution >= 0.6 is 11.3 Å². The van der Waals surface area contributed by atoms with Crippen molar-refractivity contribution in [3.63, 3.8) is 0 Å². The van der Waals surface area contributed by atoms with Gasteiger partial charge in [-0.2, -0.15) is 0 Å². The molecule has 3 aromatic rings. The zero-order chi connectivity index (χ0) is 21.5. The summed E-state index contributed by atoms with van der Waals surface area (Å²) in [6.07, 6.45) is -0.610. The molecule has 30 heavy (non-hydrogen) atoms. The van der Waals surface area contributed by atoms with E-state index in [1.165, 1.54) is 14.2 Å². The predicted octanol–water partition coefficient (Wildman–Crippen LogP) is 4.65. The molecule has 0 spiro atoms. The van der Waals surface area contributed by atoms with E-state index >= 15 is 0 Å². The van der Waals surface area contributed by atoms with Gasteiger partial charge in [-0.1, -0.05) is 41.7 Å². The van der Waals surface area contributed by atoms with Gasteiger partial charge in [0, 0.05) is 17.2 Å². The third-order valence-electron chi connectivity index (χ3n) is 4.00. The van der Waals surface area contributed by atoms with Crippen molar-refractivity contribution in [3.05, 3.63) is 54.1 Å². The second kappa shape index (κ2) is 9.75. The van der Waals surface area contributed by atoms with Crippen molar-refractivity contribution in [1.29, 1.82) is 0 Å². The monoisotopic (exact) mass is 427 g/mol. The third-order valence-corrected chi connectivity index (χ3v) is 4.89. The Bertz CT molecular complexity index is 1010. The van der Waals surface area contributed by atoms with E-state index in [4.69, 9.17) is 14.2 Å². The normalized spacial score (nSPS) is 10.2. The van der Waals surface area contributed by atoms with Crippen molar-refractivity contribution in [2.45, 2.75) is 6.92 Å². The Balaban J connectivity index is 1.93. The number of amides is 2. The number of benzene rings is 2. The molecule has 9 heteroatoms. The fourth-order valence-electron chi connectivity index (χ4n) is 2.62. The van der Waals surface area contributed by atoms with Gasteiger partial charge < -0.3 is 19.5 Å². The minimum atomic E-state index is -0.610. The van der Waals surface area contributed by atoms with Crippen molar-refractivity contribution in [2.75, 3.05) is 31.5 Å². The molecule has 8 nitrogen and oxygen atoms in total. The van der Waals surface area contributed by atoms with Crippen LogP contribution in [0.4, 0.5) is 14.9 Å². The van der Waals surface area contributed by atoms with Crippen molar-refractivity contribution in [3.8, 4) is 22.8 Å². The molecule has 1 heterocycles. The Morgan fingerprint density at radius 1 is 1.00 bits per heavy atom. The molecule has 0 aliphatic rings. The van der Waals surface area contributed by atoms with E-state index in [1.807, 2.05) is 30.3 Å². The van der Waals surface area contributed by atoms with E-state index in [9.17, 15) is 9.59 Å². The predicted molar refractivity (Wildman–Crippen MR) is 116 cm³/mol. The largest absolute Gasteiger partial charge is 0.497 e. The number of aromatic nitrogens is 1. The first kappa shape index (κ1) is 21.1. The van der Waals surface area contributed by atoms with Crippen molar-refractivity contribution in [2.24, 2.45) is 0 Å². The number of methoxy groups -OCH3 is 2. The van der Waals surface area contributed by atoms with Gasteiger partial charge in [-0.3, -0.25) is 10.1 Å². The van der Waals surface area contributed by atoms with Gasteiger partial charge in [0.2, 0.25) is 0 Å². The Hall–Kier alpha value is -3.59. The summed E-state index contributed by atoms with van der Waals surface area (Å²) in [7, 11) is 3.03. The Morgan fingerprint density at radius 3 is 2.27 bits per heavy atom. The second-order valence-corrected chi connectivity index (χ2v) is 6.96. The number of carbonyl (C=O) groups excluding carboxylic acids is 2. The number of rotatable bonds is 7. The zero-order valence-electron chi connectivity index (χ0n) is 16.7. The highest BCUT2D eigenvalue weighted by atomic mass is 32.1. The van der Waals surface area contributed by atoms with Gasteiger partial charge in [0.25, 0.3) is 5.91 Å². The van der Waals surface area contributed by atoms with Crippen LogP contribution in [-0.2, 0) is 4.74 Å². The smallest absolute Gasteiger partial charge is 0.413 e. The summed E-state index contributed by atoms with van der Waals surface area (Å²) in [5.74, 6) is 0.629. The summed E-state index contributed by atoms with van der Waals surface area (Å²) < 4.78 is 15.4. The van der Waals surface area contributed by atoms with Gasteiger partial charge in [0.15, 0.2) is 5.13 Å². The molecule has 2 aromatic carbocycles. The molecular formula is C21H21N3O5S. The Morgan fingerprint density at radius 2 is 1.67 bits per heavy atom. The molecule has 156 valence electrons. The molecule has 0 atom stereocenters. The number of thiazole rings is 1. The summed E-state index contributed by atoms with van der Waals surface area (Å²) in [4.78, 5) is 29.1. The zero-order valence-corrected chi connectivity index (χ0v) is 17.5. The first-order chi connectivity index (χ1) is 14.5. The van der Waals surface area contributed by atoms with Crippen LogP contribution in [0.1, 0.15) is 17.3 Å². The molecule has 1 aromatic heterocycles. The summed E-state index contributed by atoms with van der Waals surface area (Å²) in [6.45, 7) is 1.95. The SMILES string of the molecule is CCOC(=O)Nc1nc(-c2ccccc2)c(NC(=O)c2cc(OC)cc(OC)c2)s1. The minimum Gasteiger partial charge on any atom is -0.497 e. The summed E-state index contributed by atoms with van der Waals surface area (Å²) in [5.41, 5.74) is 1.69. The molecule has 0 saturated carbocycles. The maximum Gasteiger partial charge on any atom is 0.413 e. The molecule has 0 saturated heterocycles. The van der Waals surface area contributed by atoms with E-state index in [1.54, 1.807) is 25.1 Å². The van der Waals surface area contributed by atoms with Crippen molar-refractivity contribution < 1.29 is 23.8 Å². The second-order valence-electron chi connectivity index (χ2n) is 5.96. The first-order valence-electron chi connectivity index (χ1n) is 9.08. The quantitative estimate of drug-likeness (QED) is 0.570. The lowest BCUT2D eigenvalue weighted by Crippen LogP contribution is -2.12. The van der Waals surface area contributed by atoms with Gasteiger partial charge in [-0.15, -0.1) is 0 Å². The Labute approximate surface area is 177 Å². The van der Waals surface area contributed by atoms with Crippen LogP contribution in [0.5, 0.6) is 11.5 Å². The average Bonchev–Trinajstić information content (AvgIpc) is 3.15. The highest BCUT2D eigenvalue weighted by Gasteiger charge is 2.19. The molecule has 0 aliphatic carbocycles. The molecule has 0 aliphatic heterocycles. The van der Waals surface area contributed by atoms with E-state index in [2.05, 4.69) is 15.6 Å². The number of hydrogen-bond acceptors (Lipinski definition) is 7. The molecular weight excluding hydrogens is 406 g/mol. The number of anilines is 2. The van der Waals surface area contributed by atoms with Crippen LogP contribution in [0, 0.1) is 0 Å². The fraction of sp³-hybridized carbons (Fsp3) is 0.190. The topological polar surface area (TPSA) is 98.8 Å². The van der Waals surface area contributed by atoms with Crippen LogP contribution < -0.4 is 20.1 Å². The van der Waals surface area contributed by atoms with Crippen molar-refractivity contribution >= 4 is 33.5 Å². The molecule has 0 unspecified atom stereocenters. The van der Waals surface area contributed by atoms with E-state index in [-0.39, 0.29) is 12.5 Å². The maximum atomic E-state index is 12.9. The van der Waals surface area contributed by atoms with Crippen LogP contribution in [0.2, 0.25) is 0 Å². The lowest BCUT2D eigenvalue weighted by atomic mass is 10.1. The lowest BCUT2D eigenvalue weighted by molar-refractivity contribution is 0.102. The van der Waals surface area contributed by atoms with Gasteiger partial charge in [0.1, 0.15) is 22.2 Å². The molecule has 3 rings (SSSR count). The highest BCUT2D eigenvalue weighted by molar-refractivity contribution is 7.20. The van der Waals surface area contributed by atoms with Gasteiger partial charge >= 0.3 is 6.09 Å². The van der Waals surface area contributed by atoms with Crippen LogP contribution in [0.15, 0.2) is 48.5 Å². The van der Waals surface area contributed by atoms with Crippen LogP contribution in [0.25, 0.3) is 11.3 Å². The van der Waals surface area contributed by atoms with E-state index in [0.717, 1.165) is 16.9 Å². The molecule has 0 radical (unpaired) electrons. The van der Waals surface area contributed by atoms with Crippen LogP contribution in [-0.4, -0.2) is 37.8 Å². The van der Waals surface area contributed by atoms with Crippen LogP contribution in [0.3, 0.4) is 0 Å². The fourth-order valence-corrected chi connectivity index (χ4v) is 3.49. The number of carbonyl (C=O) groups is 2. The van der Waals surface area contributed by atoms with Gasteiger partial charge in [-0.05, 0) is 19.1 Å². The van der Waals surface area contributed by atoms with E-state index in [0.29, 0.717) is 32.9 Å². The average molecular weight is 427 g/mol. The number of hydrogen-bond donors (Lipinski definition) is 2. The highest BCUT2D eigenvalue weighted by Crippen LogP contribution is 2.36. The summed E-state index contributed by atoms with van der Waals surface area (Å²) in [5, 5.41) is 6.24. The van der Waals surface area contributed by atoms with Gasteiger partial charge in [0.05, 0.1) is 20.8 Å². The molecule has 2 amide bonds. The lowest BCUT2D eigenvalue weighted by Gasteiger charge is -2.09. The Kier molecular flexibility index (Phi) is 6.87. The van der Waals surface area contributed by atoms with Crippen molar-refractivity contribution in [1.82, 2.24) is 4.98 Å². The number of nitrogens with one attached hydrogen (secondary N) is 2. The van der Waals surface area contributed by atoms with E-state index < -0.39 is 6.09 Å². The molecule has 0 fully saturated rings. The first-order valence-corrected chi connectivity index (χ1v) is 9.90. The standard InChI is InChI=1S/C21H21N3O5S/c1-4-29-21(26)24-20-22-17(13-8-6-5-7-9-13)19(30-20)23-18(25)14-10-15(27-2)12-16(11-14)28-3/h5-12H,4H2,1-3H3,(H,23,25)(H,22,24,26). The molecule has 0 bridgehead atoms. The summed E-state index contributed by atoms with van der Waals surface area (Å²) >= 11 is 1.13. The number of ether oxygens (including phenoxy) is 3. The summed E-state index contributed by atoms with van der Waals surface area (Å²) in [6, 6.07) is 14.3. The third kappa shape index (κ3) is 5.06. The number of nitrogens with zero attached hydrogens (tertiary/aromatic N) is 1. The van der Waals surface area contributed by atoms with Gasteiger partial charge in [-0.25, -0.2) is 9.78 Å². The molecule has 2 N–H and O–H groups in total. The maximum absolute atomic E-state index is 12.9. The minimum absolute atomic E-state index is 0.240.